The van der Waals surface area contributed by atoms with E-state index in [1.165, 1.54) is 33.1 Å². The van der Waals surface area contributed by atoms with Gasteiger partial charge in [0.2, 0.25) is 0 Å². The normalized spacial score (nSPS) is 11.0. The highest BCUT2D eigenvalue weighted by Crippen LogP contribution is 2.33. The van der Waals surface area contributed by atoms with Crippen LogP contribution >= 0.6 is 23.2 Å². The second-order valence-corrected chi connectivity index (χ2v) is 5.17. The van der Waals surface area contributed by atoms with E-state index in [2.05, 4.69) is 5.32 Å². The quantitative estimate of drug-likeness (QED) is 0.896. The SMILES string of the molecule is COc1c(Cl)cc(C(=O)NC(C)(C)C(=O)O)cc1Cl. The molecule has 0 aliphatic carbocycles. The molecule has 1 rings (SSSR count). The Hall–Kier alpha value is -1.46. The molecule has 0 heterocycles. The van der Waals surface area contributed by atoms with Crippen molar-refractivity contribution >= 4 is 35.1 Å². The van der Waals surface area contributed by atoms with Gasteiger partial charge in [0, 0.05) is 5.56 Å². The monoisotopic (exact) mass is 305 g/mol. The molecular weight excluding hydrogens is 293 g/mol. The molecule has 0 spiro atoms. The van der Waals surface area contributed by atoms with Crippen molar-refractivity contribution in [1.82, 2.24) is 5.32 Å². The molecule has 1 amide bonds. The molecule has 0 bridgehead atoms. The summed E-state index contributed by atoms with van der Waals surface area (Å²) in [6, 6.07) is 2.72. The van der Waals surface area contributed by atoms with Crippen LogP contribution in [0, 0.1) is 0 Å². The molecule has 19 heavy (non-hydrogen) atoms. The van der Waals surface area contributed by atoms with Gasteiger partial charge in [0.15, 0.2) is 5.75 Å². The van der Waals surface area contributed by atoms with Crippen molar-refractivity contribution in [2.45, 2.75) is 19.4 Å². The molecule has 2 N–H and O–H groups in total. The van der Waals surface area contributed by atoms with Crippen LogP contribution in [0.4, 0.5) is 0 Å². The summed E-state index contributed by atoms with van der Waals surface area (Å²) in [6.07, 6.45) is 0. The second-order valence-electron chi connectivity index (χ2n) is 4.36. The lowest BCUT2D eigenvalue weighted by molar-refractivity contribution is -0.143. The molecule has 0 saturated heterocycles. The number of carbonyl (C=O) groups is 2. The third-order valence-corrected chi connectivity index (χ3v) is 2.99. The first kappa shape index (κ1) is 15.6. The van der Waals surface area contributed by atoms with Gasteiger partial charge in [-0.25, -0.2) is 4.79 Å². The van der Waals surface area contributed by atoms with Crippen LogP contribution in [0.5, 0.6) is 5.75 Å². The van der Waals surface area contributed by atoms with Crippen LogP contribution in [0.25, 0.3) is 0 Å². The molecule has 1 aromatic carbocycles. The van der Waals surface area contributed by atoms with Crippen LogP contribution in [0.2, 0.25) is 10.0 Å². The minimum Gasteiger partial charge on any atom is -0.494 e. The molecule has 104 valence electrons. The van der Waals surface area contributed by atoms with E-state index in [0.29, 0.717) is 0 Å². The fourth-order valence-electron chi connectivity index (χ4n) is 1.30. The summed E-state index contributed by atoms with van der Waals surface area (Å²) in [4.78, 5) is 22.9. The molecule has 0 aromatic heterocycles. The summed E-state index contributed by atoms with van der Waals surface area (Å²) >= 11 is 11.8. The van der Waals surface area contributed by atoms with Crippen LogP contribution < -0.4 is 10.1 Å². The van der Waals surface area contributed by atoms with Gasteiger partial charge in [-0.2, -0.15) is 0 Å². The van der Waals surface area contributed by atoms with E-state index < -0.39 is 17.4 Å². The summed E-state index contributed by atoms with van der Waals surface area (Å²) < 4.78 is 4.96. The minimum absolute atomic E-state index is 0.158. The Kier molecular flexibility index (Phi) is 4.66. The van der Waals surface area contributed by atoms with E-state index in [0.717, 1.165) is 0 Å². The van der Waals surface area contributed by atoms with Crippen molar-refractivity contribution in [3.8, 4) is 5.75 Å². The predicted molar refractivity (Wildman–Crippen MR) is 72.2 cm³/mol. The first-order chi connectivity index (χ1) is 8.69. The largest absolute Gasteiger partial charge is 0.494 e. The highest BCUT2D eigenvalue weighted by Gasteiger charge is 2.29. The third-order valence-electron chi connectivity index (χ3n) is 2.43. The van der Waals surface area contributed by atoms with Crippen molar-refractivity contribution in [2.75, 3.05) is 7.11 Å². The zero-order chi connectivity index (χ0) is 14.8. The number of rotatable bonds is 4. The summed E-state index contributed by atoms with van der Waals surface area (Å²) in [6.45, 7) is 2.75. The van der Waals surface area contributed by atoms with E-state index in [9.17, 15) is 9.59 Å². The van der Waals surface area contributed by atoms with E-state index in [-0.39, 0.29) is 21.4 Å². The first-order valence-electron chi connectivity index (χ1n) is 5.28. The number of carbonyl (C=O) groups excluding carboxylic acids is 1. The number of aliphatic carboxylic acids is 1. The van der Waals surface area contributed by atoms with E-state index in [4.69, 9.17) is 33.0 Å². The number of methoxy groups -OCH3 is 1. The smallest absolute Gasteiger partial charge is 0.328 e. The van der Waals surface area contributed by atoms with Gasteiger partial charge in [0.25, 0.3) is 5.91 Å². The van der Waals surface area contributed by atoms with Gasteiger partial charge >= 0.3 is 5.97 Å². The maximum atomic E-state index is 11.9. The number of halogens is 2. The van der Waals surface area contributed by atoms with Gasteiger partial charge in [-0.1, -0.05) is 23.2 Å². The van der Waals surface area contributed by atoms with Gasteiger partial charge in [-0.3, -0.25) is 4.79 Å². The fourth-order valence-corrected chi connectivity index (χ4v) is 1.94. The number of ether oxygens (including phenoxy) is 1. The topological polar surface area (TPSA) is 75.6 Å². The van der Waals surface area contributed by atoms with Crippen molar-refractivity contribution in [2.24, 2.45) is 0 Å². The zero-order valence-electron chi connectivity index (χ0n) is 10.6. The number of hydrogen-bond donors (Lipinski definition) is 2. The molecular formula is C12H13Cl2NO4. The lowest BCUT2D eigenvalue weighted by Crippen LogP contribution is -2.49. The second kappa shape index (κ2) is 5.67. The molecule has 5 nitrogen and oxygen atoms in total. The molecule has 1 aromatic rings. The summed E-state index contributed by atoms with van der Waals surface area (Å²) in [5.74, 6) is -1.47. The minimum atomic E-state index is -1.39. The average molecular weight is 306 g/mol. The number of nitrogens with one attached hydrogen (secondary N) is 1. The number of benzene rings is 1. The average Bonchev–Trinajstić information content (AvgIpc) is 2.27. The number of hydrogen-bond acceptors (Lipinski definition) is 3. The Morgan fingerprint density at radius 3 is 2.11 bits per heavy atom. The van der Waals surface area contributed by atoms with Crippen LogP contribution in [0.1, 0.15) is 24.2 Å². The van der Waals surface area contributed by atoms with Crippen molar-refractivity contribution in [3.63, 3.8) is 0 Å². The maximum absolute atomic E-state index is 11.9. The first-order valence-corrected chi connectivity index (χ1v) is 6.03. The lowest BCUT2D eigenvalue weighted by Gasteiger charge is -2.21. The Bertz CT molecular complexity index is 505. The van der Waals surface area contributed by atoms with Crippen molar-refractivity contribution in [1.29, 1.82) is 0 Å². The van der Waals surface area contributed by atoms with Crippen molar-refractivity contribution < 1.29 is 19.4 Å². The summed E-state index contributed by atoms with van der Waals surface area (Å²) in [7, 11) is 1.40. The molecule has 0 aliphatic rings. The van der Waals surface area contributed by atoms with E-state index >= 15 is 0 Å². The summed E-state index contributed by atoms with van der Waals surface area (Å²) in [5, 5.41) is 11.7. The van der Waals surface area contributed by atoms with E-state index in [1.54, 1.807) is 0 Å². The van der Waals surface area contributed by atoms with Crippen LogP contribution in [0.3, 0.4) is 0 Å². The highest BCUT2D eigenvalue weighted by atomic mass is 35.5. The van der Waals surface area contributed by atoms with Gasteiger partial charge in [0.05, 0.1) is 17.2 Å². The van der Waals surface area contributed by atoms with Gasteiger partial charge in [0.1, 0.15) is 5.54 Å². The molecule has 0 radical (unpaired) electrons. The van der Waals surface area contributed by atoms with Gasteiger partial charge < -0.3 is 15.2 Å². The Balaban J connectivity index is 3.05. The molecule has 0 fully saturated rings. The number of carboxylic acids is 1. The Morgan fingerprint density at radius 2 is 1.74 bits per heavy atom. The van der Waals surface area contributed by atoms with Gasteiger partial charge in [-0.15, -0.1) is 0 Å². The van der Waals surface area contributed by atoms with Crippen molar-refractivity contribution in [3.05, 3.63) is 27.7 Å². The van der Waals surface area contributed by atoms with Gasteiger partial charge in [-0.05, 0) is 26.0 Å². The molecule has 0 unspecified atom stereocenters. The molecule has 0 atom stereocenters. The van der Waals surface area contributed by atoms with Crippen LogP contribution in [-0.4, -0.2) is 29.6 Å². The molecule has 0 saturated carbocycles. The maximum Gasteiger partial charge on any atom is 0.328 e. The fraction of sp³-hybridized carbons (Fsp3) is 0.333. The predicted octanol–water partition coefficient (Wildman–Crippen LogP) is 2.59. The number of carboxylic acid groups (broad SMARTS) is 1. The Labute approximate surface area is 120 Å². The molecule has 7 heteroatoms. The Morgan fingerprint density at radius 1 is 1.26 bits per heavy atom. The number of amides is 1. The van der Waals surface area contributed by atoms with Crippen LogP contribution in [0.15, 0.2) is 12.1 Å². The lowest BCUT2D eigenvalue weighted by atomic mass is 10.1. The van der Waals surface area contributed by atoms with E-state index in [1.807, 2.05) is 0 Å². The summed E-state index contributed by atoms with van der Waals surface area (Å²) in [5.41, 5.74) is -1.24. The molecule has 0 aliphatic heterocycles. The highest BCUT2D eigenvalue weighted by molar-refractivity contribution is 6.37. The zero-order valence-corrected chi connectivity index (χ0v) is 12.1. The standard InChI is InChI=1S/C12H13Cl2NO4/c1-12(2,11(17)18)15-10(16)6-4-7(13)9(19-3)8(14)5-6/h4-5H,1-3H3,(H,15,16)(H,17,18). The third kappa shape index (κ3) is 3.52. The van der Waals surface area contributed by atoms with Crippen LogP contribution in [-0.2, 0) is 4.79 Å².